The van der Waals surface area contributed by atoms with Gasteiger partial charge in [0.2, 0.25) is 0 Å². The summed E-state index contributed by atoms with van der Waals surface area (Å²) in [6, 6.07) is 18.9. The van der Waals surface area contributed by atoms with Crippen LogP contribution < -0.4 is 5.43 Å². The van der Waals surface area contributed by atoms with Crippen molar-refractivity contribution in [3.05, 3.63) is 99.0 Å². The number of hydrogen-bond acceptors (Lipinski definition) is 7. The number of aliphatic imine (C=N–C) groups is 1. The Morgan fingerprint density at radius 3 is 2.70 bits per heavy atom. The number of nitrogens with one attached hydrogen (secondary N) is 2. The van der Waals surface area contributed by atoms with E-state index in [1.165, 1.54) is 23.5 Å². The molecule has 2 aromatic heterocycles. The van der Waals surface area contributed by atoms with Crippen molar-refractivity contribution in [2.45, 2.75) is 4.05 Å². The number of nitro groups is 1. The number of hydrazine groups is 1. The van der Waals surface area contributed by atoms with Gasteiger partial charge in [-0.2, -0.15) is 5.10 Å². The zero-order valence-corrected chi connectivity index (χ0v) is 19.8. The number of H-pyrrole nitrogens is 1. The predicted octanol–water partition coefficient (Wildman–Crippen LogP) is 5.22. The molecule has 0 fully saturated rings. The average Bonchev–Trinajstić information content (AvgIpc) is 3.51. The molecule has 9 nitrogen and oxygen atoms in total. The van der Waals surface area contributed by atoms with Gasteiger partial charge in [0.25, 0.3) is 11.6 Å². The van der Waals surface area contributed by atoms with Gasteiger partial charge in [-0.1, -0.05) is 36.4 Å². The van der Waals surface area contributed by atoms with Gasteiger partial charge in [0, 0.05) is 23.3 Å². The highest BCUT2D eigenvalue weighted by atomic mass is 127. The Kier molecular flexibility index (Phi) is 5.64. The first kappa shape index (κ1) is 21.3. The monoisotopic (exact) mass is 570 g/mol. The van der Waals surface area contributed by atoms with Crippen molar-refractivity contribution in [2.24, 2.45) is 4.99 Å². The summed E-state index contributed by atoms with van der Waals surface area (Å²) in [5, 5.41) is 22.5. The van der Waals surface area contributed by atoms with E-state index in [4.69, 9.17) is 4.99 Å². The molecular formula is C22H15IN6O3S. The minimum Gasteiger partial charge on any atom is -0.277 e. The Balaban J connectivity index is 1.62. The molecule has 5 rings (SSSR count). The number of nitrogens with zero attached hydrogens (tertiary/aromatic N) is 4. The molecule has 4 aromatic rings. The van der Waals surface area contributed by atoms with Crippen molar-refractivity contribution in [3.63, 3.8) is 0 Å². The average molecular weight is 570 g/mol. The third kappa shape index (κ3) is 4.00. The second-order valence-corrected chi connectivity index (χ2v) is 9.19. The lowest BCUT2D eigenvalue weighted by atomic mass is 10.1. The molecule has 164 valence electrons. The number of carbonyl (C=O) groups is 1. The van der Waals surface area contributed by atoms with Crippen LogP contribution in [0.1, 0.15) is 25.7 Å². The van der Waals surface area contributed by atoms with E-state index in [1.54, 1.807) is 41.4 Å². The topological polar surface area (TPSA) is 117 Å². The number of hydrogen-bond donors (Lipinski definition) is 2. The van der Waals surface area contributed by atoms with Crippen LogP contribution in [0.2, 0.25) is 0 Å². The van der Waals surface area contributed by atoms with Gasteiger partial charge in [-0.25, -0.2) is 10.0 Å². The highest BCUT2D eigenvalue weighted by molar-refractivity contribution is 14.1. The number of halogens is 1. The number of amides is 1. The van der Waals surface area contributed by atoms with E-state index >= 15 is 0 Å². The van der Waals surface area contributed by atoms with E-state index in [9.17, 15) is 14.9 Å². The number of alkyl halides is 1. The Morgan fingerprint density at radius 2 is 1.97 bits per heavy atom. The van der Waals surface area contributed by atoms with Crippen LogP contribution in [-0.2, 0) is 0 Å². The summed E-state index contributed by atoms with van der Waals surface area (Å²) in [4.78, 5) is 29.7. The number of thiophene rings is 1. The molecule has 2 aromatic carbocycles. The molecule has 11 heteroatoms. The van der Waals surface area contributed by atoms with Gasteiger partial charge in [0.15, 0.2) is 5.84 Å². The fourth-order valence-corrected chi connectivity index (χ4v) is 5.00. The minimum atomic E-state index is -0.457. The summed E-state index contributed by atoms with van der Waals surface area (Å²) in [6.45, 7) is 0. The Hall–Kier alpha value is -3.58. The van der Waals surface area contributed by atoms with E-state index in [0.717, 1.165) is 10.6 Å². The normalized spacial score (nSPS) is 15.0. The summed E-state index contributed by atoms with van der Waals surface area (Å²) in [6.07, 6.45) is 0. The lowest BCUT2D eigenvalue weighted by molar-refractivity contribution is -0.384. The second-order valence-electron chi connectivity index (χ2n) is 7.07. The van der Waals surface area contributed by atoms with Crippen molar-refractivity contribution >= 4 is 57.0 Å². The first-order chi connectivity index (χ1) is 16.0. The van der Waals surface area contributed by atoms with Gasteiger partial charge in [-0.3, -0.25) is 25.4 Å². The number of nitro benzene ring substituents is 1. The zero-order chi connectivity index (χ0) is 22.9. The summed E-state index contributed by atoms with van der Waals surface area (Å²) in [7, 11) is 0. The van der Waals surface area contributed by atoms with E-state index in [0.29, 0.717) is 28.3 Å². The molecule has 0 saturated heterocycles. The van der Waals surface area contributed by atoms with E-state index in [1.807, 2.05) is 23.6 Å². The number of benzene rings is 2. The molecule has 1 atom stereocenters. The maximum absolute atomic E-state index is 13.0. The van der Waals surface area contributed by atoms with Crippen LogP contribution in [0.5, 0.6) is 0 Å². The number of amidine groups is 1. The van der Waals surface area contributed by atoms with Crippen molar-refractivity contribution in [1.29, 1.82) is 0 Å². The second kappa shape index (κ2) is 8.75. The lowest BCUT2D eigenvalue weighted by Crippen LogP contribution is -2.48. The predicted molar refractivity (Wildman–Crippen MR) is 134 cm³/mol. The van der Waals surface area contributed by atoms with Crippen molar-refractivity contribution in [2.75, 3.05) is 0 Å². The number of aromatic amines is 1. The summed E-state index contributed by atoms with van der Waals surface area (Å²) in [5.74, 6) is 0.0610. The zero-order valence-electron chi connectivity index (χ0n) is 16.8. The number of rotatable bonds is 5. The molecule has 2 N–H and O–H groups in total. The molecule has 1 aliphatic heterocycles. The van der Waals surface area contributed by atoms with Crippen LogP contribution in [-0.4, -0.2) is 31.9 Å². The van der Waals surface area contributed by atoms with Crippen LogP contribution in [0.4, 0.5) is 11.4 Å². The third-order valence-corrected chi connectivity index (χ3v) is 7.06. The van der Waals surface area contributed by atoms with Gasteiger partial charge in [-0.15, -0.1) is 11.3 Å². The van der Waals surface area contributed by atoms with Crippen LogP contribution in [0.25, 0.3) is 10.6 Å². The van der Waals surface area contributed by atoms with E-state index in [-0.39, 0.29) is 11.6 Å². The van der Waals surface area contributed by atoms with Crippen molar-refractivity contribution in [3.8, 4) is 10.6 Å². The Labute approximate surface area is 205 Å². The molecule has 0 saturated carbocycles. The van der Waals surface area contributed by atoms with Gasteiger partial charge >= 0.3 is 0 Å². The highest BCUT2D eigenvalue weighted by Gasteiger charge is 2.35. The summed E-state index contributed by atoms with van der Waals surface area (Å²) >= 11 is 3.73. The van der Waals surface area contributed by atoms with Gasteiger partial charge < -0.3 is 0 Å². The summed E-state index contributed by atoms with van der Waals surface area (Å²) in [5.41, 5.74) is 5.89. The molecule has 3 heterocycles. The summed E-state index contributed by atoms with van der Waals surface area (Å²) < 4.78 is -0.391. The molecule has 1 aliphatic rings. The van der Waals surface area contributed by atoms with Crippen molar-refractivity contribution in [1.82, 2.24) is 20.6 Å². The van der Waals surface area contributed by atoms with E-state index < -0.39 is 8.97 Å². The lowest BCUT2D eigenvalue weighted by Gasteiger charge is -2.33. The van der Waals surface area contributed by atoms with Crippen molar-refractivity contribution < 1.29 is 9.72 Å². The van der Waals surface area contributed by atoms with Crippen LogP contribution in [0, 0.1) is 10.1 Å². The maximum Gasteiger partial charge on any atom is 0.270 e. The standard InChI is InChI=1S/C22H15IN6O3S/c23-20-19-18(17(25-26-19)16-10-5-11-33-16)24-21(14-8-4-9-15(12-14)29(31)32)28(20)27-22(30)13-6-2-1-3-7-13/h1-12,20H,(H,25,26)(H,27,30). The maximum atomic E-state index is 13.0. The SMILES string of the molecule is O=C(NN1C(c2cccc([N+](=O)[O-])c2)=Nc2c(-c3cccs3)n[nH]c2C1I)c1ccccc1. The third-order valence-electron chi connectivity index (χ3n) is 5.01. The number of aromatic nitrogens is 2. The first-order valence-electron chi connectivity index (χ1n) is 9.78. The van der Waals surface area contributed by atoms with Gasteiger partial charge in [0.1, 0.15) is 15.4 Å². The smallest absolute Gasteiger partial charge is 0.270 e. The van der Waals surface area contributed by atoms with Crippen LogP contribution in [0.3, 0.4) is 0 Å². The van der Waals surface area contributed by atoms with Gasteiger partial charge in [0.05, 0.1) is 15.5 Å². The van der Waals surface area contributed by atoms with Crippen LogP contribution in [0.15, 0.2) is 77.1 Å². The number of fused-ring (bicyclic) bond motifs is 1. The molecule has 0 spiro atoms. The number of carbonyl (C=O) groups excluding carboxylic acids is 1. The highest BCUT2D eigenvalue weighted by Crippen LogP contribution is 2.44. The van der Waals surface area contributed by atoms with Crippen LogP contribution >= 0.6 is 33.9 Å². The molecule has 0 radical (unpaired) electrons. The molecule has 1 unspecified atom stereocenters. The minimum absolute atomic E-state index is 0.0639. The fourth-order valence-electron chi connectivity index (χ4n) is 3.45. The largest absolute Gasteiger partial charge is 0.277 e. The Bertz CT molecular complexity index is 1370. The molecule has 0 aliphatic carbocycles. The molecule has 0 bridgehead atoms. The fraction of sp³-hybridized carbons (Fsp3) is 0.0455. The first-order valence-corrected chi connectivity index (χ1v) is 11.9. The Morgan fingerprint density at radius 1 is 1.15 bits per heavy atom. The molecular weight excluding hydrogens is 555 g/mol. The number of non-ortho nitro benzene ring substituents is 1. The molecule has 1 amide bonds. The quantitative estimate of drug-likeness (QED) is 0.112. The van der Waals surface area contributed by atoms with Gasteiger partial charge in [-0.05, 0) is 46.2 Å². The van der Waals surface area contributed by atoms with E-state index in [2.05, 4.69) is 38.2 Å². The molecule has 33 heavy (non-hydrogen) atoms.